The molecular weight excluding hydrogens is 340 g/mol. The highest BCUT2D eigenvalue weighted by molar-refractivity contribution is 5.80. The molecule has 1 saturated heterocycles. The van der Waals surface area contributed by atoms with Gasteiger partial charge in [0.1, 0.15) is 6.61 Å². The second-order valence-electron chi connectivity index (χ2n) is 6.65. The first-order valence-electron chi connectivity index (χ1n) is 9.47. The topological polar surface area (TPSA) is 59.9 Å². The van der Waals surface area contributed by atoms with Crippen molar-refractivity contribution in [3.05, 3.63) is 60.2 Å². The molecule has 2 aromatic rings. The van der Waals surface area contributed by atoms with E-state index in [-0.39, 0.29) is 17.9 Å². The summed E-state index contributed by atoms with van der Waals surface area (Å²) in [5.41, 5.74) is 3.37. The zero-order chi connectivity index (χ0) is 18.9. The van der Waals surface area contributed by atoms with Gasteiger partial charge < -0.3 is 14.9 Å². The number of benzene rings is 2. The van der Waals surface area contributed by atoms with Crippen LogP contribution in [0, 0.1) is 5.92 Å². The average molecular weight is 366 g/mol. The number of hydrogen-bond acceptors (Lipinski definition) is 5. The predicted molar refractivity (Wildman–Crippen MR) is 107 cm³/mol. The van der Waals surface area contributed by atoms with E-state index in [1.165, 1.54) is 11.1 Å². The lowest BCUT2D eigenvalue weighted by atomic mass is 9.95. The highest BCUT2D eigenvalue weighted by atomic mass is 16.6. The van der Waals surface area contributed by atoms with Gasteiger partial charge in [-0.3, -0.25) is 4.79 Å². The maximum atomic E-state index is 11.7. The number of hydrogen-bond donors (Lipinski definition) is 1. The molecule has 1 N–H and O–H groups in total. The van der Waals surface area contributed by atoms with Crippen molar-refractivity contribution in [1.82, 2.24) is 5.32 Å². The molecular formula is C22H26N2O3. The summed E-state index contributed by atoms with van der Waals surface area (Å²) in [4.78, 5) is 17.1. The van der Waals surface area contributed by atoms with Gasteiger partial charge in [-0.2, -0.15) is 0 Å². The van der Waals surface area contributed by atoms with Crippen molar-refractivity contribution in [1.29, 1.82) is 0 Å². The quantitative estimate of drug-likeness (QED) is 0.462. The van der Waals surface area contributed by atoms with E-state index in [1.807, 2.05) is 37.3 Å². The predicted octanol–water partition coefficient (Wildman–Crippen LogP) is 3.64. The molecule has 5 heteroatoms. The Hall–Kier alpha value is -2.66. The Morgan fingerprint density at radius 2 is 1.85 bits per heavy atom. The molecule has 0 amide bonds. The molecule has 2 atom stereocenters. The van der Waals surface area contributed by atoms with Crippen molar-refractivity contribution < 1.29 is 14.4 Å². The Kier molecular flexibility index (Phi) is 6.99. The molecule has 0 saturated carbocycles. The van der Waals surface area contributed by atoms with Crippen LogP contribution < -0.4 is 5.32 Å². The van der Waals surface area contributed by atoms with Crippen LogP contribution in [0.5, 0.6) is 0 Å². The number of rotatable bonds is 7. The number of piperidine rings is 1. The van der Waals surface area contributed by atoms with Crippen molar-refractivity contribution in [3.8, 4) is 11.1 Å². The van der Waals surface area contributed by atoms with Gasteiger partial charge in [-0.05, 0) is 36.5 Å². The zero-order valence-electron chi connectivity index (χ0n) is 15.6. The van der Waals surface area contributed by atoms with Gasteiger partial charge >= 0.3 is 5.97 Å². The Morgan fingerprint density at radius 3 is 2.52 bits per heavy atom. The first-order valence-corrected chi connectivity index (χ1v) is 9.47. The lowest BCUT2D eigenvalue weighted by Gasteiger charge is -2.27. The van der Waals surface area contributed by atoms with Gasteiger partial charge in [0.05, 0.1) is 18.7 Å². The standard InChI is InChI=1S/C22H26N2O3/c1-2-26-22(25)20-12-13-21(23-15-20)16-27-24-14-17-8-10-19(11-9-17)18-6-4-3-5-7-18/h3-11,14,20-21,23H,2,12-13,15-16H2,1H3/b24-14+/t20-,21+/m1/s1. The molecule has 3 rings (SSSR count). The van der Waals surface area contributed by atoms with Crippen molar-refractivity contribution in [2.24, 2.45) is 11.1 Å². The molecule has 0 unspecified atom stereocenters. The summed E-state index contributed by atoms with van der Waals surface area (Å²) in [5.74, 6) is -0.158. The molecule has 27 heavy (non-hydrogen) atoms. The number of oxime groups is 1. The van der Waals surface area contributed by atoms with E-state index in [9.17, 15) is 4.79 Å². The van der Waals surface area contributed by atoms with E-state index in [0.717, 1.165) is 18.4 Å². The van der Waals surface area contributed by atoms with Gasteiger partial charge in [0.15, 0.2) is 0 Å². The molecule has 142 valence electrons. The van der Waals surface area contributed by atoms with E-state index in [2.05, 4.69) is 34.7 Å². The minimum absolute atomic E-state index is 0.0483. The molecule has 0 spiro atoms. The van der Waals surface area contributed by atoms with Crippen LogP contribution in [0.3, 0.4) is 0 Å². The molecule has 2 aromatic carbocycles. The smallest absolute Gasteiger partial charge is 0.310 e. The molecule has 5 nitrogen and oxygen atoms in total. The van der Waals surface area contributed by atoms with E-state index < -0.39 is 0 Å². The maximum Gasteiger partial charge on any atom is 0.310 e. The number of nitrogens with zero attached hydrogens (tertiary/aromatic N) is 1. The Labute approximate surface area is 160 Å². The van der Waals surface area contributed by atoms with Crippen molar-refractivity contribution >= 4 is 12.2 Å². The summed E-state index contributed by atoms with van der Waals surface area (Å²) in [7, 11) is 0. The van der Waals surface area contributed by atoms with Crippen molar-refractivity contribution in [2.45, 2.75) is 25.8 Å². The van der Waals surface area contributed by atoms with Crippen LogP contribution in [0.15, 0.2) is 59.8 Å². The van der Waals surface area contributed by atoms with E-state index >= 15 is 0 Å². The molecule has 1 aliphatic heterocycles. The van der Waals surface area contributed by atoms with Crippen molar-refractivity contribution in [3.63, 3.8) is 0 Å². The molecule has 0 aromatic heterocycles. The summed E-state index contributed by atoms with van der Waals surface area (Å²) in [6, 6.07) is 18.7. The summed E-state index contributed by atoms with van der Waals surface area (Å²) < 4.78 is 5.07. The monoisotopic (exact) mass is 366 g/mol. The summed E-state index contributed by atoms with van der Waals surface area (Å²) in [5, 5.41) is 7.40. The summed E-state index contributed by atoms with van der Waals surface area (Å²) >= 11 is 0. The van der Waals surface area contributed by atoms with Gasteiger partial charge in [-0.15, -0.1) is 0 Å². The largest absolute Gasteiger partial charge is 0.466 e. The van der Waals surface area contributed by atoms with Crippen LogP contribution in [0.4, 0.5) is 0 Å². The van der Waals surface area contributed by atoms with Gasteiger partial charge in [0.2, 0.25) is 0 Å². The zero-order valence-corrected chi connectivity index (χ0v) is 15.6. The molecule has 0 aliphatic carbocycles. The van der Waals surface area contributed by atoms with Crippen LogP contribution in [0.1, 0.15) is 25.3 Å². The number of nitrogens with one attached hydrogen (secondary N) is 1. The average Bonchev–Trinajstić information content (AvgIpc) is 2.73. The minimum atomic E-state index is -0.110. The summed E-state index contributed by atoms with van der Waals surface area (Å²) in [6.45, 7) is 3.40. The van der Waals surface area contributed by atoms with Crippen LogP contribution in [0.25, 0.3) is 11.1 Å². The van der Waals surface area contributed by atoms with Gasteiger partial charge in [0.25, 0.3) is 0 Å². The number of carbonyl (C=O) groups excluding carboxylic acids is 1. The van der Waals surface area contributed by atoms with Gasteiger partial charge in [-0.25, -0.2) is 0 Å². The third-order valence-corrected chi connectivity index (χ3v) is 4.71. The first kappa shape index (κ1) is 19.1. The lowest BCUT2D eigenvalue weighted by molar-refractivity contribution is -0.148. The van der Waals surface area contributed by atoms with Gasteiger partial charge in [-0.1, -0.05) is 59.8 Å². The van der Waals surface area contributed by atoms with Crippen molar-refractivity contribution in [2.75, 3.05) is 19.8 Å². The number of esters is 1. The van der Waals surface area contributed by atoms with E-state index in [0.29, 0.717) is 19.8 Å². The highest BCUT2D eigenvalue weighted by Gasteiger charge is 2.26. The molecule has 0 radical (unpaired) electrons. The third kappa shape index (κ3) is 5.66. The van der Waals surface area contributed by atoms with Crippen LogP contribution in [-0.2, 0) is 14.4 Å². The fourth-order valence-electron chi connectivity index (χ4n) is 3.14. The molecule has 0 bridgehead atoms. The van der Waals surface area contributed by atoms with E-state index in [1.54, 1.807) is 6.21 Å². The first-order chi connectivity index (χ1) is 13.3. The molecule has 1 fully saturated rings. The normalized spacial score (nSPS) is 19.7. The third-order valence-electron chi connectivity index (χ3n) is 4.71. The Morgan fingerprint density at radius 1 is 1.11 bits per heavy atom. The Balaban J connectivity index is 1.41. The maximum absolute atomic E-state index is 11.7. The molecule has 1 aliphatic rings. The summed E-state index contributed by atoms with van der Waals surface area (Å²) in [6.07, 6.45) is 3.42. The minimum Gasteiger partial charge on any atom is -0.466 e. The van der Waals surface area contributed by atoms with Gasteiger partial charge in [0, 0.05) is 12.6 Å². The molecule has 1 heterocycles. The SMILES string of the molecule is CCOC(=O)[C@@H]1CC[C@@H](CO/N=C/c2ccc(-c3ccccc3)cc2)NC1. The fraction of sp³-hybridized carbons (Fsp3) is 0.364. The van der Waals surface area contributed by atoms with Crippen LogP contribution in [0.2, 0.25) is 0 Å². The van der Waals surface area contributed by atoms with Crippen LogP contribution >= 0.6 is 0 Å². The lowest BCUT2D eigenvalue weighted by Crippen LogP contribution is -2.44. The Bertz CT molecular complexity index is 736. The highest BCUT2D eigenvalue weighted by Crippen LogP contribution is 2.19. The second kappa shape index (κ2) is 9.88. The fourth-order valence-corrected chi connectivity index (χ4v) is 3.14. The number of carbonyl (C=O) groups is 1. The van der Waals surface area contributed by atoms with Crippen LogP contribution in [-0.4, -0.2) is 38.0 Å². The number of ether oxygens (including phenoxy) is 1. The second-order valence-corrected chi connectivity index (χ2v) is 6.65. The van der Waals surface area contributed by atoms with E-state index in [4.69, 9.17) is 9.57 Å².